The summed E-state index contributed by atoms with van der Waals surface area (Å²) in [6.45, 7) is 1.88. The van der Waals surface area contributed by atoms with Gasteiger partial charge in [-0.15, -0.1) is 0 Å². The normalized spacial score (nSPS) is 33.7. The first-order valence-electron chi connectivity index (χ1n) is 9.99. The summed E-state index contributed by atoms with van der Waals surface area (Å²) in [4.78, 5) is 22.7. The minimum Gasteiger partial charge on any atom is -0.481 e. The summed E-state index contributed by atoms with van der Waals surface area (Å²) in [6.07, 6.45) is 0.551. The predicted octanol–water partition coefficient (Wildman–Crippen LogP) is 2.91. The van der Waals surface area contributed by atoms with E-state index in [2.05, 4.69) is 9.97 Å². The quantitative estimate of drug-likeness (QED) is 0.765. The van der Waals surface area contributed by atoms with E-state index in [1.165, 1.54) is 11.8 Å². The molecule has 158 valence electrons. The highest BCUT2D eigenvalue weighted by Crippen LogP contribution is 2.55. The number of aromatic nitrogens is 2. The molecule has 3 heterocycles. The molecule has 2 saturated heterocycles. The lowest BCUT2D eigenvalue weighted by atomic mass is 9.92. The monoisotopic (exact) mass is 414 g/mol. The maximum absolute atomic E-state index is 14.6. The van der Waals surface area contributed by atoms with Crippen LogP contribution in [0.1, 0.15) is 37.4 Å². The van der Waals surface area contributed by atoms with Gasteiger partial charge in [0.05, 0.1) is 12.6 Å². The predicted molar refractivity (Wildman–Crippen MR) is 95.6 cm³/mol. The molecule has 3 fully saturated rings. The maximum Gasteiger partial charge on any atom is 0.303 e. The van der Waals surface area contributed by atoms with Gasteiger partial charge in [0.15, 0.2) is 0 Å². The Labute approximate surface area is 164 Å². The van der Waals surface area contributed by atoms with E-state index in [0.29, 0.717) is 37.3 Å². The summed E-state index contributed by atoms with van der Waals surface area (Å²) in [6, 6.07) is -1.14. The van der Waals surface area contributed by atoms with Gasteiger partial charge in [0.25, 0.3) is 11.8 Å². The van der Waals surface area contributed by atoms with Crippen LogP contribution in [0.5, 0.6) is 0 Å². The Morgan fingerprint density at radius 1 is 1.21 bits per heavy atom. The van der Waals surface area contributed by atoms with E-state index >= 15 is 0 Å². The molecule has 0 bridgehead atoms. The fraction of sp³-hybridized carbons (Fsp3) is 0.737. The number of hydrogen-bond acceptors (Lipinski definition) is 5. The van der Waals surface area contributed by atoms with E-state index in [4.69, 9.17) is 5.11 Å². The highest BCUT2D eigenvalue weighted by molar-refractivity contribution is 5.68. The van der Waals surface area contributed by atoms with Gasteiger partial charge in [0.2, 0.25) is 5.95 Å². The van der Waals surface area contributed by atoms with Crippen molar-refractivity contribution >= 4 is 17.7 Å². The summed E-state index contributed by atoms with van der Waals surface area (Å²) in [7, 11) is 0. The molecule has 0 aromatic carbocycles. The number of halogens is 4. The minimum atomic E-state index is -3.11. The molecule has 2 aliphatic carbocycles. The molecule has 1 unspecified atom stereocenters. The molecule has 1 aromatic heterocycles. The minimum absolute atomic E-state index is 0.0681. The van der Waals surface area contributed by atoms with Crippen molar-refractivity contribution in [1.29, 1.82) is 0 Å². The summed E-state index contributed by atoms with van der Waals surface area (Å²) in [5, 5.41) is 8.99. The van der Waals surface area contributed by atoms with Gasteiger partial charge >= 0.3 is 5.97 Å². The van der Waals surface area contributed by atoms with Crippen molar-refractivity contribution in [2.75, 3.05) is 29.4 Å². The van der Waals surface area contributed by atoms with Gasteiger partial charge in [-0.25, -0.2) is 13.8 Å². The van der Waals surface area contributed by atoms with Crippen LogP contribution in [0.4, 0.5) is 29.3 Å². The van der Waals surface area contributed by atoms with Gasteiger partial charge in [-0.1, -0.05) is 0 Å². The molecule has 2 aliphatic heterocycles. The average molecular weight is 414 g/mol. The van der Waals surface area contributed by atoms with Crippen LogP contribution < -0.4 is 9.80 Å². The Morgan fingerprint density at radius 2 is 1.90 bits per heavy atom. The van der Waals surface area contributed by atoms with Crippen molar-refractivity contribution in [2.24, 2.45) is 17.8 Å². The average Bonchev–Trinajstić information content (AvgIpc) is 3.08. The van der Waals surface area contributed by atoms with E-state index in [-0.39, 0.29) is 42.2 Å². The zero-order valence-corrected chi connectivity index (χ0v) is 15.9. The van der Waals surface area contributed by atoms with Crippen LogP contribution >= 0.6 is 0 Å². The zero-order valence-electron chi connectivity index (χ0n) is 15.9. The van der Waals surface area contributed by atoms with Crippen molar-refractivity contribution in [3.63, 3.8) is 0 Å². The second kappa shape index (κ2) is 5.95. The van der Waals surface area contributed by atoms with Gasteiger partial charge in [0, 0.05) is 31.5 Å². The molecular formula is C19H22F4N4O2. The van der Waals surface area contributed by atoms with E-state index in [0.717, 1.165) is 0 Å². The van der Waals surface area contributed by atoms with Crippen molar-refractivity contribution in [1.82, 2.24) is 9.97 Å². The highest BCUT2D eigenvalue weighted by Gasteiger charge is 2.57. The van der Waals surface area contributed by atoms with Crippen LogP contribution in [-0.4, -0.2) is 52.6 Å². The molecule has 1 aromatic rings. The lowest BCUT2D eigenvalue weighted by molar-refractivity contribution is -0.137. The summed E-state index contributed by atoms with van der Waals surface area (Å²) in [5.74, 6) is -5.92. The number of hydrogen-bond donors (Lipinski definition) is 1. The number of alkyl halides is 4. The standard InChI is InChI=1S/C19H22F4N4O2/c1-9-19(22,23)8-27(9)17-24-15-10(3-2-4-18(15,20)21)16(25-17)26-6-12-11(5-14(28)29)13(12)7-26/h9,11-13H,2-8H2,1H3,(H,28,29)/t9?,11-,12+,13-. The fourth-order valence-corrected chi connectivity index (χ4v) is 5.17. The van der Waals surface area contributed by atoms with Gasteiger partial charge in [-0.3, -0.25) is 4.79 Å². The number of carboxylic acids is 1. The zero-order chi connectivity index (χ0) is 20.7. The Hall–Kier alpha value is -2.13. The van der Waals surface area contributed by atoms with E-state index in [9.17, 15) is 22.4 Å². The summed E-state index contributed by atoms with van der Waals surface area (Å²) >= 11 is 0. The lowest BCUT2D eigenvalue weighted by Gasteiger charge is -2.46. The first-order chi connectivity index (χ1) is 13.6. The Kier molecular flexibility index (Phi) is 3.87. The molecule has 0 spiro atoms. The van der Waals surface area contributed by atoms with Crippen molar-refractivity contribution in [3.8, 4) is 0 Å². The molecule has 0 radical (unpaired) electrons. The summed E-state index contributed by atoms with van der Waals surface area (Å²) in [5.41, 5.74) is 0.0647. The third-order valence-electron chi connectivity index (χ3n) is 7.04. The third kappa shape index (κ3) is 2.85. The largest absolute Gasteiger partial charge is 0.481 e. The fourth-order valence-electron chi connectivity index (χ4n) is 5.17. The molecule has 6 nitrogen and oxygen atoms in total. The third-order valence-corrected chi connectivity index (χ3v) is 7.04. The number of piperidine rings is 1. The van der Waals surface area contributed by atoms with Crippen molar-refractivity contribution in [3.05, 3.63) is 11.3 Å². The number of anilines is 2. The number of carboxylic acid groups (broad SMARTS) is 1. The molecule has 1 N–H and O–H groups in total. The Morgan fingerprint density at radius 3 is 2.48 bits per heavy atom. The molecule has 4 aliphatic rings. The van der Waals surface area contributed by atoms with Crippen molar-refractivity contribution < 1.29 is 27.5 Å². The first-order valence-corrected chi connectivity index (χ1v) is 9.99. The molecule has 0 amide bonds. The van der Waals surface area contributed by atoms with Crippen LogP contribution in [0.2, 0.25) is 0 Å². The topological polar surface area (TPSA) is 69.6 Å². The van der Waals surface area contributed by atoms with Gasteiger partial charge in [0.1, 0.15) is 11.5 Å². The number of carbonyl (C=O) groups is 1. The van der Waals surface area contributed by atoms with Crippen LogP contribution in [0.15, 0.2) is 0 Å². The first kappa shape index (κ1) is 18.9. The van der Waals surface area contributed by atoms with Crippen LogP contribution in [0.25, 0.3) is 0 Å². The number of nitrogens with zero attached hydrogens (tertiary/aromatic N) is 4. The number of fused-ring (bicyclic) bond motifs is 2. The van der Waals surface area contributed by atoms with Gasteiger partial charge in [-0.2, -0.15) is 13.8 Å². The molecule has 5 rings (SSSR count). The number of aliphatic carboxylic acids is 1. The Balaban J connectivity index is 1.47. The molecule has 10 heteroatoms. The SMILES string of the molecule is CC1N(c2nc(N3C[C@@H]4[C@H](CC(=O)O)[C@@H]4C3)c3c(n2)C(F)(F)CCC3)CC1(F)F. The van der Waals surface area contributed by atoms with Gasteiger partial charge < -0.3 is 14.9 Å². The van der Waals surface area contributed by atoms with Gasteiger partial charge in [-0.05, 0) is 37.5 Å². The smallest absolute Gasteiger partial charge is 0.303 e. The van der Waals surface area contributed by atoms with E-state index in [1.54, 1.807) is 0 Å². The maximum atomic E-state index is 14.6. The molecular weight excluding hydrogens is 392 g/mol. The van der Waals surface area contributed by atoms with E-state index < -0.39 is 30.4 Å². The summed E-state index contributed by atoms with van der Waals surface area (Å²) < 4.78 is 56.6. The van der Waals surface area contributed by atoms with Crippen LogP contribution in [0.3, 0.4) is 0 Å². The molecule has 29 heavy (non-hydrogen) atoms. The Bertz CT molecular complexity index is 868. The van der Waals surface area contributed by atoms with Crippen LogP contribution in [0, 0.1) is 17.8 Å². The molecule has 4 atom stereocenters. The second-order valence-corrected chi connectivity index (χ2v) is 8.79. The second-order valence-electron chi connectivity index (χ2n) is 8.79. The molecule has 1 saturated carbocycles. The number of rotatable bonds is 4. The highest BCUT2D eigenvalue weighted by atomic mass is 19.3. The van der Waals surface area contributed by atoms with Crippen LogP contribution in [-0.2, 0) is 17.1 Å². The lowest BCUT2D eigenvalue weighted by Crippen LogP contribution is -2.64. The van der Waals surface area contributed by atoms with E-state index in [1.807, 2.05) is 4.90 Å². The van der Waals surface area contributed by atoms with Crippen molar-refractivity contribution in [2.45, 2.75) is 50.5 Å².